The lowest BCUT2D eigenvalue weighted by atomic mass is 10.3. The van der Waals surface area contributed by atoms with Crippen LogP contribution in [0.2, 0.25) is 0 Å². The predicted octanol–water partition coefficient (Wildman–Crippen LogP) is 1.68. The van der Waals surface area contributed by atoms with Crippen molar-refractivity contribution in [1.82, 2.24) is 4.31 Å². The van der Waals surface area contributed by atoms with Gasteiger partial charge in [0.1, 0.15) is 0 Å². The maximum absolute atomic E-state index is 11.9. The zero-order valence-corrected chi connectivity index (χ0v) is 10.3. The van der Waals surface area contributed by atoms with Crippen LogP contribution in [0.4, 0.5) is 0 Å². The van der Waals surface area contributed by atoms with Gasteiger partial charge in [-0.3, -0.25) is 0 Å². The van der Waals surface area contributed by atoms with Crippen LogP contribution in [0.25, 0.3) is 0 Å². The molecule has 84 valence electrons. The Hall–Kier alpha value is 0.200. The van der Waals surface area contributed by atoms with Crippen LogP contribution in [0.1, 0.15) is 26.7 Å². The number of halogens is 1. The Bertz CT molecular complexity index is 275. The molecule has 0 aliphatic heterocycles. The summed E-state index contributed by atoms with van der Waals surface area (Å²) in [6.45, 7) is 4.34. The fraction of sp³-hybridized carbons (Fsp3) is 1.00. The topological polar surface area (TPSA) is 37.4 Å². The van der Waals surface area contributed by atoms with Crippen molar-refractivity contribution in [2.75, 3.05) is 18.2 Å². The fourth-order valence-electron chi connectivity index (χ4n) is 1.54. The molecule has 1 aliphatic carbocycles. The standard InChI is InChI=1S/C9H18ClNO2S/c1-3-11(9-4-5-9)14(12,13)7-8(2)6-10/h8-9H,3-7H2,1-2H3. The molecule has 0 amide bonds. The Morgan fingerprint density at radius 3 is 2.43 bits per heavy atom. The van der Waals surface area contributed by atoms with Crippen molar-refractivity contribution in [2.45, 2.75) is 32.7 Å². The normalized spacial score (nSPS) is 20.0. The second kappa shape index (κ2) is 4.81. The van der Waals surface area contributed by atoms with Crippen LogP contribution >= 0.6 is 11.6 Å². The summed E-state index contributed by atoms with van der Waals surface area (Å²) in [4.78, 5) is 0. The van der Waals surface area contributed by atoms with E-state index >= 15 is 0 Å². The molecule has 0 saturated heterocycles. The SMILES string of the molecule is CCN(C1CC1)S(=O)(=O)CC(C)CCl. The first-order valence-electron chi connectivity index (χ1n) is 5.06. The Labute approximate surface area is 91.5 Å². The van der Waals surface area contributed by atoms with E-state index in [4.69, 9.17) is 11.6 Å². The highest BCUT2D eigenvalue weighted by Gasteiger charge is 2.36. The summed E-state index contributed by atoms with van der Waals surface area (Å²) in [7, 11) is -3.07. The largest absolute Gasteiger partial charge is 0.214 e. The van der Waals surface area contributed by atoms with Gasteiger partial charge in [-0.25, -0.2) is 8.42 Å². The summed E-state index contributed by atoms with van der Waals surface area (Å²) in [5.74, 6) is 0.622. The van der Waals surface area contributed by atoms with Crippen LogP contribution in [0.5, 0.6) is 0 Å². The summed E-state index contributed by atoms with van der Waals surface area (Å²) in [6.07, 6.45) is 2.03. The minimum absolute atomic E-state index is 0.0365. The summed E-state index contributed by atoms with van der Waals surface area (Å²) in [6, 6.07) is 0.271. The lowest BCUT2D eigenvalue weighted by Gasteiger charge is -2.21. The molecule has 5 heteroatoms. The van der Waals surface area contributed by atoms with Gasteiger partial charge in [0, 0.05) is 18.5 Å². The van der Waals surface area contributed by atoms with E-state index in [1.807, 2.05) is 13.8 Å². The first-order valence-corrected chi connectivity index (χ1v) is 7.21. The predicted molar refractivity (Wildman–Crippen MR) is 59.1 cm³/mol. The zero-order valence-electron chi connectivity index (χ0n) is 8.74. The minimum atomic E-state index is -3.07. The van der Waals surface area contributed by atoms with Crippen LogP contribution in [0.3, 0.4) is 0 Å². The zero-order chi connectivity index (χ0) is 10.8. The van der Waals surface area contributed by atoms with Crippen molar-refractivity contribution in [2.24, 2.45) is 5.92 Å². The van der Waals surface area contributed by atoms with Gasteiger partial charge in [0.2, 0.25) is 10.0 Å². The highest BCUT2D eigenvalue weighted by Crippen LogP contribution is 2.29. The third-order valence-corrected chi connectivity index (χ3v) is 5.17. The van der Waals surface area contributed by atoms with Gasteiger partial charge in [-0.05, 0) is 18.8 Å². The van der Waals surface area contributed by atoms with Gasteiger partial charge in [0.05, 0.1) is 5.75 Å². The van der Waals surface area contributed by atoms with Gasteiger partial charge in [-0.15, -0.1) is 11.6 Å². The quantitative estimate of drug-likeness (QED) is 0.662. The first kappa shape index (κ1) is 12.3. The molecule has 0 spiro atoms. The fourth-order valence-corrected chi connectivity index (χ4v) is 3.87. The molecule has 0 aromatic rings. The molecule has 0 N–H and O–H groups in total. The number of sulfonamides is 1. The Morgan fingerprint density at radius 1 is 1.50 bits per heavy atom. The van der Waals surface area contributed by atoms with Gasteiger partial charge in [-0.2, -0.15) is 4.31 Å². The molecule has 0 aromatic heterocycles. The second-order valence-corrected chi connectivity index (χ2v) is 6.25. The van der Waals surface area contributed by atoms with Gasteiger partial charge < -0.3 is 0 Å². The summed E-state index contributed by atoms with van der Waals surface area (Å²) in [5, 5.41) is 0. The maximum atomic E-state index is 11.9. The lowest BCUT2D eigenvalue weighted by molar-refractivity contribution is 0.416. The van der Waals surface area contributed by atoms with Crippen LogP contribution in [0.15, 0.2) is 0 Å². The Balaban J connectivity index is 2.61. The summed E-state index contributed by atoms with van der Waals surface area (Å²) >= 11 is 5.62. The smallest absolute Gasteiger partial charge is 0.212 e. The molecule has 0 radical (unpaired) electrons. The molecule has 3 nitrogen and oxygen atoms in total. The van der Waals surface area contributed by atoms with Gasteiger partial charge in [-0.1, -0.05) is 13.8 Å². The molecule has 0 bridgehead atoms. The monoisotopic (exact) mass is 239 g/mol. The number of alkyl halides is 1. The molecular weight excluding hydrogens is 222 g/mol. The Kier molecular flexibility index (Phi) is 4.22. The van der Waals surface area contributed by atoms with E-state index in [0.717, 1.165) is 12.8 Å². The van der Waals surface area contributed by atoms with Crippen molar-refractivity contribution < 1.29 is 8.42 Å². The number of rotatable bonds is 6. The van der Waals surface area contributed by atoms with E-state index in [0.29, 0.717) is 12.4 Å². The van der Waals surface area contributed by atoms with Crippen molar-refractivity contribution >= 4 is 21.6 Å². The van der Waals surface area contributed by atoms with E-state index in [1.54, 1.807) is 4.31 Å². The molecule has 0 aromatic carbocycles. The molecule has 14 heavy (non-hydrogen) atoms. The van der Waals surface area contributed by atoms with Crippen molar-refractivity contribution in [3.8, 4) is 0 Å². The van der Waals surface area contributed by atoms with Crippen LogP contribution in [-0.4, -0.2) is 36.9 Å². The van der Waals surface area contributed by atoms with Crippen molar-refractivity contribution in [3.63, 3.8) is 0 Å². The molecule has 1 fully saturated rings. The number of hydrogen-bond acceptors (Lipinski definition) is 2. The van der Waals surface area contributed by atoms with Crippen LogP contribution in [-0.2, 0) is 10.0 Å². The van der Waals surface area contributed by atoms with E-state index < -0.39 is 10.0 Å². The van der Waals surface area contributed by atoms with E-state index in [1.165, 1.54) is 0 Å². The molecule has 1 rings (SSSR count). The maximum Gasteiger partial charge on any atom is 0.214 e. The third kappa shape index (κ3) is 3.11. The van der Waals surface area contributed by atoms with Crippen LogP contribution < -0.4 is 0 Å². The third-order valence-electron chi connectivity index (χ3n) is 2.38. The molecule has 1 atom stereocenters. The number of hydrogen-bond donors (Lipinski definition) is 0. The molecule has 0 heterocycles. The highest BCUT2D eigenvalue weighted by atomic mass is 35.5. The molecule has 1 aliphatic rings. The van der Waals surface area contributed by atoms with Crippen molar-refractivity contribution in [3.05, 3.63) is 0 Å². The van der Waals surface area contributed by atoms with Gasteiger partial charge in [0.25, 0.3) is 0 Å². The minimum Gasteiger partial charge on any atom is -0.212 e. The van der Waals surface area contributed by atoms with E-state index in [2.05, 4.69) is 0 Å². The molecule has 1 saturated carbocycles. The summed E-state index contributed by atoms with van der Waals surface area (Å²) in [5.41, 5.74) is 0. The average Bonchev–Trinajstić information content (AvgIpc) is 2.88. The average molecular weight is 240 g/mol. The van der Waals surface area contributed by atoms with E-state index in [9.17, 15) is 8.42 Å². The Morgan fingerprint density at radius 2 is 2.07 bits per heavy atom. The summed E-state index contributed by atoms with van der Waals surface area (Å²) < 4.78 is 25.4. The second-order valence-electron chi connectivity index (χ2n) is 3.97. The van der Waals surface area contributed by atoms with E-state index in [-0.39, 0.29) is 17.7 Å². The molecule has 1 unspecified atom stereocenters. The highest BCUT2D eigenvalue weighted by molar-refractivity contribution is 7.89. The van der Waals surface area contributed by atoms with Gasteiger partial charge in [0.15, 0.2) is 0 Å². The van der Waals surface area contributed by atoms with Gasteiger partial charge >= 0.3 is 0 Å². The van der Waals surface area contributed by atoms with Crippen molar-refractivity contribution in [1.29, 1.82) is 0 Å². The lowest BCUT2D eigenvalue weighted by Crippen LogP contribution is -2.36. The first-order chi connectivity index (χ1) is 6.51. The number of nitrogens with zero attached hydrogens (tertiary/aromatic N) is 1. The van der Waals surface area contributed by atoms with Crippen LogP contribution in [0, 0.1) is 5.92 Å². The molecular formula is C9H18ClNO2S.